The van der Waals surface area contributed by atoms with Gasteiger partial charge < -0.3 is 0 Å². The minimum Gasteiger partial charge on any atom is -0.244 e. The number of carbonyl (C=O) groups is 1. The molecule has 5 nitrogen and oxygen atoms in total. The van der Waals surface area contributed by atoms with Crippen LogP contribution in [0.1, 0.15) is 55.6 Å². The monoisotopic (exact) mass is 336 g/mol. The number of aromatic nitrogens is 4. The molecule has 0 aliphatic rings. The van der Waals surface area contributed by atoms with E-state index in [0.29, 0.717) is 5.92 Å². The predicted octanol–water partition coefficient (Wildman–Crippen LogP) is 4.26. The van der Waals surface area contributed by atoms with Crippen LogP contribution in [0.15, 0.2) is 48.8 Å². The highest BCUT2D eigenvalue weighted by molar-refractivity contribution is 5.78. The molecule has 0 unspecified atom stereocenters. The Balaban J connectivity index is 2.08. The van der Waals surface area contributed by atoms with Crippen LogP contribution >= 0.6 is 0 Å². The van der Waals surface area contributed by atoms with E-state index in [1.165, 1.54) is 15.8 Å². The first-order valence-corrected chi connectivity index (χ1v) is 8.80. The molecule has 0 aliphatic heterocycles. The second-order valence-corrected chi connectivity index (χ2v) is 6.52. The van der Waals surface area contributed by atoms with Gasteiger partial charge in [0.05, 0.1) is 11.4 Å². The molecule has 25 heavy (non-hydrogen) atoms. The lowest BCUT2D eigenvalue weighted by Gasteiger charge is -2.10. The average Bonchev–Trinajstić information content (AvgIpc) is 3.24. The van der Waals surface area contributed by atoms with E-state index in [9.17, 15) is 4.79 Å². The van der Waals surface area contributed by atoms with Gasteiger partial charge in [0.15, 0.2) is 0 Å². The standard InChI is InChI=1S/C20H24N4O/c1-4-9-18-19(15(2)3)17(14-16-10-6-5-7-11-16)22-24(18)20(25)23-13-8-12-21-23/h5-8,10-13,15H,4,9,14H2,1-3H3. The quantitative estimate of drug-likeness (QED) is 0.699. The lowest BCUT2D eigenvalue weighted by molar-refractivity contribution is 0.237. The zero-order chi connectivity index (χ0) is 17.8. The lowest BCUT2D eigenvalue weighted by atomic mass is 9.95. The maximum atomic E-state index is 12.8. The van der Waals surface area contributed by atoms with Gasteiger partial charge in [-0.25, -0.2) is 4.79 Å². The smallest absolute Gasteiger partial charge is 0.244 e. The Morgan fingerprint density at radius 3 is 2.52 bits per heavy atom. The van der Waals surface area contributed by atoms with Crippen LogP contribution < -0.4 is 0 Å². The van der Waals surface area contributed by atoms with Crippen LogP contribution in [-0.2, 0) is 12.8 Å². The Bertz CT molecular complexity index is 832. The number of nitrogens with zero attached hydrogens (tertiary/aromatic N) is 4. The van der Waals surface area contributed by atoms with Crippen LogP contribution in [0.2, 0.25) is 0 Å². The second-order valence-electron chi connectivity index (χ2n) is 6.52. The molecule has 3 aromatic rings. The van der Waals surface area contributed by atoms with E-state index in [4.69, 9.17) is 5.10 Å². The molecule has 0 bridgehead atoms. The molecule has 5 heteroatoms. The van der Waals surface area contributed by atoms with E-state index in [2.05, 4.69) is 38.0 Å². The molecule has 0 radical (unpaired) electrons. The van der Waals surface area contributed by atoms with Crippen molar-refractivity contribution in [3.63, 3.8) is 0 Å². The normalized spacial score (nSPS) is 11.2. The number of rotatable bonds is 5. The van der Waals surface area contributed by atoms with Gasteiger partial charge in [0, 0.05) is 24.4 Å². The molecule has 0 aliphatic carbocycles. The van der Waals surface area contributed by atoms with Gasteiger partial charge in [-0.15, -0.1) is 0 Å². The summed E-state index contributed by atoms with van der Waals surface area (Å²) in [5.41, 5.74) is 4.36. The van der Waals surface area contributed by atoms with Gasteiger partial charge in [-0.1, -0.05) is 57.5 Å². The SMILES string of the molecule is CCCc1c(C(C)C)c(Cc2ccccc2)nn1C(=O)n1cccn1. The molecule has 1 aromatic carbocycles. The first-order valence-electron chi connectivity index (χ1n) is 8.80. The van der Waals surface area contributed by atoms with Gasteiger partial charge in [0.25, 0.3) is 0 Å². The summed E-state index contributed by atoms with van der Waals surface area (Å²) in [6.07, 6.45) is 5.77. The molecular weight excluding hydrogens is 312 g/mol. The third-order valence-corrected chi connectivity index (χ3v) is 4.26. The summed E-state index contributed by atoms with van der Waals surface area (Å²) in [6, 6.07) is 11.8. The Morgan fingerprint density at radius 1 is 1.16 bits per heavy atom. The summed E-state index contributed by atoms with van der Waals surface area (Å²) in [6.45, 7) is 6.44. The van der Waals surface area contributed by atoms with Crippen molar-refractivity contribution in [1.29, 1.82) is 0 Å². The van der Waals surface area contributed by atoms with Crippen molar-refractivity contribution in [2.75, 3.05) is 0 Å². The Hall–Kier alpha value is -2.69. The van der Waals surface area contributed by atoms with Crippen molar-refractivity contribution in [2.24, 2.45) is 0 Å². The molecule has 3 rings (SSSR count). The maximum absolute atomic E-state index is 12.8. The molecule has 2 aromatic heterocycles. The summed E-state index contributed by atoms with van der Waals surface area (Å²) in [5.74, 6) is 0.305. The number of benzene rings is 1. The first-order chi connectivity index (χ1) is 12.1. The van der Waals surface area contributed by atoms with Gasteiger partial charge in [0.2, 0.25) is 0 Å². The van der Waals surface area contributed by atoms with Gasteiger partial charge in [-0.3, -0.25) is 0 Å². The van der Waals surface area contributed by atoms with E-state index in [0.717, 1.165) is 30.7 Å². The van der Waals surface area contributed by atoms with Crippen molar-refractivity contribution in [3.8, 4) is 0 Å². The Kier molecular flexibility index (Phi) is 5.12. The fourth-order valence-electron chi connectivity index (χ4n) is 3.22. The largest absolute Gasteiger partial charge is 0.369 e. The number of carbonyl (C=O) groups excluding carboxylic acids is 1. The molecule has 0 amide bonds. The van der Waals surface area contributed by atoms with Crippen LogP contribution in [0.4, 0.5) is 4.79 Å². The van der Waals surface area contributed by atoms with Crippen molar-refractivity contribution in [1.82, 2.24) is 19.6 Å². The van der Waals surface area contributed by atoms with Crippen molar-refractivity contribution in [2.45, 2.75) is 46.0 Å². The van der Waals surface area contributed by atoms with Gasteiger partial charge in [0.1, 0.15) is 0 Å². The summed E-state index contributed by atoms with van der Waals surface area (Å²) in [4.78, 5) is 12.8. The molecular formula is C20H24N4O. The van der Waals surface area contributed by atoms with Gasteiger partial charge in [-0.05, 0) is 24.0 Å². The van der Waals surface area contributed by atoms with Crippen LogP contribution in [0.5, 0.6) is 0 Å². The number of hydrogen-bond acceptors (Lipinski definition) is 3. The minimum absolute atomic E-state index is 0.227. The van der Waals surface area contributed by atoms with Gasteiger partial charge >= 0.3 is 6.03 Å². The van der Waals surface area contributed by atoms with E-state index >= 15 is 0 Å². The molecule has 0 spiro atoms. The highest BCUT2D eigenvalue weighted by Gasteiger charge is 2.24. The Morgan fingerprint density at radius 2 is 1.92 bits per heavy atom. The van der Waals surface area contributed by atoms with Crippen LogP contribution in [-0.4, -0.2) is 25.6 Å². The maximum Gasteiger partial charge on any atom is 0.369 e. The molecule has 0 saturated heterocycles. The van der Waals surface area contributed by atoms with Crippen LogP contribution in [0.3, 0.4) is 0 Å². The summed E-state index contributed by atoms with van der Waals surface area (Å²) in [5, 5.41) is 8.78. The highest BCUT2D eigenvalue weighted by Crippen LogP contribution is 2.27. The lowest BCUT2D eigenvalue weighted by Crippen LogP contribution is -2.23. The molecule has 0 atom stereocenters. The van der Waals surface area contributed by atoms with Crippen molar-refractivity contribution in [3.05, 3.63) is 71.3 Å². The fourth-order valence-corrected chi connectivity index (χ4v) is 3.22. The predicted molar refractivity (Wildman–Crippen MR) is 98.0 cm³/mol. The van der Waals surface area contributed by atoms with E-state index in [1.54, 1.807) is 23.1 Å². The molecule has 0 N–H and O–H groups in total. The van der Waals surface area contributed by atoms with Crippen LogP contribution in [0.25, 0.3) is 0 Å². The van der Waals surface area contributed by atoms with Gasteiger partial charge in [-0.2, -0.15) is 19.6 Å². The van der Waals surface area contributed by atoms with E-state index in [-0.39, 0.29) is 6.03 Å². The van der Waals surface area contributed by atoms with Crippen molar-refractivity contribution < 1.29 is 4.79 Å². The second kappa shape index (κ2) is 7.47. The molecule has 0 fully saturated rings. The molecule has 0 saturated carbocycles. The third kappa shape index (κ3) is 3.55. The fraction of sp³-hybridized carbons (Fsp3) is 0.350. The topological polar surface area (TPSA) is 52.7 Å². The highest BCUT2D eigenvalue weighted by atomic mass is 16.2. The third-order valence-electron chi connectivity index (χ3n) is 4.26. The average molecular weight is 336 g/mol. The van der Waals surface area contributed by atoms with E-state index in [1.807, 2.05) is 18.2 Å². The molecule has 2 heterocycles. The van der Waals surface area contributed by atoms with Crippen LogP contribution in [0, 0.1) is 0 Å². The zero-order valence-corrected chi connectivity index (χ0v) is 15.0. The summed E-state index contributed by atoms with van der Waals surface area (Å²) in [7, 11) is 0. The number of hydrogen-bond donors (Lipinski definition) is 0. The first kappa shape index (κ1) is 17.1. The summed E-state index contributed by atoms with van der Waals surface area (Å²) < 4.78 is 2.88. The molecule has 130 valence electrons. The zero-order valence-electron chi connectivity index (χ0n) is 15.0. The Labute approximate surface area is 148 Å². The van der Waals surface area contributed by atoms with E-state index < -0.39 is 0 Å². The summed E-state index contributed by atoms with van der Waals surface area (Å²) >= 11 is 0. The van der Waals surface area contributed by atoms with Crippen molar-refractivity contribution >= 4 is 6.03 Å². The minimum atomic E-state index is -0.227.